The Hall–Kier alpha value is -0.961. The Kier molecular flexibility index (Phi) is 12.7. The molecule has 0 atom stereocenters. The van der Waals surface area contributed by atoms with Gasteiger partial charge in [0.2, 0.25) is 0 Å². The van der Waals surface area contributed by atoms with Gasteiger partial charge in [-0.1, -0.05) is 0 Å². The molecule has 1 rings (SSSR count). The first kappa shape index (κ1) is 31.1. The van der Waals surface area contributed by atoms with Crippen molar-refractivity contribution in [1.29, 1.82) is 0 Å². The van der Waals surface area contributed by atoms with Crippen LogP contribution in [-0.2, 0) is 9.47 Å². The summed E-state index contributed by atoms with van der Waals surface area (Å²) in [6, 6.07) is 0. The molecule has 6 nitrogen and oxygen atoms in total. The van der Waals surface area contributed by atoms with Crippen LogP contribution in [0.4, 0.5) is 21.0 Å². The Balaban J connectivity index is 3.52. The predicted molar refractivity (Wildman–Crippen MR) is 149 cm³/mol. The van der Waals surface area contributed by atoms with Crippen molar-refractivity contribution in [1.82, 2.24) is 0 Å². The maximum atomic E-state index is 12.9. The van der Waals surface area contributed by atoms with Crippen molar-refractivity contribution in [3.05, 3.63) is 5.38 Å². The predicted octanol–water partition coefficient (Wildman–Crippen LogP) is 8.50. The van der Waals surface area contributed by atoms with E-state index in [-0.39, 0.29) is 0 Å². The van der Waals surface area contributed by atoms with Crippen LogP contribution in [-0.4, -0.2) is 41.8 Å². The third-order valence-electron chi connectivity index (χ3n) is 5.56. The third-order valence-corrected chi connectivity index (χ3v) is 25.0. The van der Waals surface area contributed by atoms with E-state index in [0.29, 0.717) is 5.69 Å². The summed E-state index contributed by atoms with van der Waals surface area (Å²) in [5, 5.41) is 7.93. The molecule has 2 N–H and O–H groups in total. The third kappa shape index (κ3) is 10.8. The Morgan fingerprint density at radius 2 is 1.21 bits per heavy atom. The molecule has 34 heavy (non-hydrogen) atoms. The van der Waals surface area contributed by atoms with Gasteiger partial charge in [0.05, 0.1) is 0 Å². The molecule has 0 fully saturated rings. The molecule has 1 aromatic rings. The van der Waals surface area contributed by atoms with Crippen LogP contribution in [0.25, 0.3) is 0 Å². The summed E-state index contributed by atoms with van der Waals surface area (Å²) in [7, 11) is 0. The molecular weight excluding hydrogens is 555 g/mol. The van der Waals surface area contributed by atoms with Gasteiger partial charge in [0, 0.05) is 0 Å². The van der Waals surface area contributed by atoms with Gasteiger partial charge in [-0.15, -0.1) is 0 Å². The number of hydrogen-bond acceptors (Lipinski definition) is 5. The summed E-state index contributed by atoms with van der Waals surface area (Å²) in [4.78, 5) is 25.5. The van der Waals surface area contributed by atoms with E-state index < -0.39 is 41.8 Å². The van der Waals surface area contributed by atoms with E-state index >= 15 is 0 Å². The zero-order valence-electron chi connectivity index (χ0n) is 23.0. The number of amides is 2. The van der Waals surface area contributed by atoms with Gasteiger partial charge in [0.25, 0.3) is 0 Å². The second kappa shape index (κ2) is 13.9. The normalized spacial score (nSPS) is 12.4. The van der Waals surface area contributed by atoms with Gasteiger partial charge in [0.15, 0.2) is 0 Å². The van der Waals surface area contributed by atoms with Crippen molar-refractivity contribution < 1.29 is 19.1 Å². The first-order valence-electron chi connectivity index (χ1n) is 12.9. The Bertz CT molecular complexity index is 759. The van der Waals surface area contributed by atoms with Crippen molar-refractivity contribution in [3.8, 4) is 0 Å². The number of hydrogen-bond donors (Lipinski definition) is 2. The summed E-state index contributed by atoms with van der Waals surface area (Å²) in [6.45, 7) is 17.8. The van der Waals surface area contributed by atoms with E-state index in [1.807, 2.05) is 46.9 Å². The summed E-state index contributed by atoms with van der Waals surface area (Å²) >= 11 is -1.18. The molecule has 2 amide bonds. The molecule has 0 saturated heterocycles. The van der Waals surface area contributed by atoms with E-state index in [2.05, 4.69) is 31.4 Å². The first-order chi connectivity index (χ1) is 15.8. The molecule has 0 radical (unpaired) electrons. The summed E-state index contributed by atoms with van der Waals surface area (Å²) in [5.41, 5.74) is 0.148. The van der Waals surface area contributed by atoms with Gasteiger partial charge in [0.1, 0.15) is 0 Å². The van der Waals surface area contributed by atoms with Crippen LogP contribution < -0.4 is 13.5 Å². The van der Waals surface area contributed by atoms with E-state index in [4.69, 9.17) is 9.47 Å². The standard InChI is InChI=1S/C14H21N2O4S.3C4H9.Sn/c1-13(2,3)19-11(17)15-9-7-21-8-10(9)16-12(18)20-14(4,5)6;3*1-3-4-2;/h7H,1-6H3,(H,15,17)(H,16,18);3*1,3-4H2,2H3;. The minimum atomic E-state index is -2.89. The average Bonchev–Trinajstić information content (AvgIpc) is 3.07. The average molecular weight is 603 g/mol. The van der Waals surface area contributed by atoms with Crippen molar-refractivity contribution >= 4 is 56.2 Å². The summed E-state index contributed by atoms with van der Waals surface area (Å²) in [5.74, 6) is 0. The zero-order valence-corrected chi connectivity index (χ0v) is 26.7. The number of thiophene rings is 1. The summed E-state index contributed by atoms with van der Waals surface area (Å²) < 4.78 is 16.2. The molecule has 1 aromatic heterocycles. The zero-order chi connectivity index (χ0) is 26.0. The van der Waals surface area contributed by atoms with Crippen LogP contribution in [0, 0.1) is 0 Å². The van der Waals surface area contributed by atoms with Gasteiger partial charge in [-0.3, -0.25) is 0 Å². The van der Waals surface area contributed by atoms with Gasteiger partial charge >= 0.3 is 217 Å². The SMILES string of the molecule is CCC[CH2][Sn]([CH2]CCC)([CH2]CCC)[c]1scc(NC(=O)OC(C)(C)C)c1NC(=O)OC(C)(C)C. The number of carbonyl (C=O) groups is 2. The second-order valence-electron chi connectivity index (χ2n) is 11.2. The van der Waals surface area contributed by atoms with Crippen LogP contribution in [0.2, 0.25) is 13.3 Å². The molecule has 0 spiro atoms. The second-order valence-corrected chi connectivity index (χ2v) is 26.1. The number of carbonyl (C=O) groups excluding carboxylic acids is 2. The van der Waals surface area contributed by atoms with Crippen molar-refractivity contribution in [2.24, 2.45) is 0 Å². The fourth-order valence-corrected chi connectivity index (χ4v) is 24.7. The number of ether oxygens (including phenoxy) is 2. The molecule has 8 heteroatoms. The van der Waals surface area contributed by atoms with E-state index in [1.165, 1.54) is 54.7 Å². The Morgan fingerprint density at radius 3 is 1.59 bits per heavy atom. The number of anilines is 2. The molecule has 196 valence electrons. The number of rotatable bonds is 12. The van der Waals surface area contributed by atoms with Crippen LogP contribution >= 0.6 is 11.3 Å². The molecule has 0 aliphatic heterocycles. The number of unbranched alkanes of at least 4 members (excludes halogenated alkanes) is 3. The Labute approximate surface area is 215 Å². The monoisotopic (exact) mass is 604 g/mol. The molecule has 1 heterocycles. The molecule has 0 aliphatic rings. The van der Waals surface area contributed by atoms with Crippen molar-refractivity contribution in [3.63, 3.8) is 0 Å². The minimum absolute atomic E-state index is 0.485. The van der Waals surface area contributed by atoms with Crippen molar-refractivity contribution in [2.75, 3.05) is 10.6 Å². The van der Waals surface area contributed by atoms with Gasteiger partial charge in [-0.05, 0) is 0 Å². The first-order valence-corrected chi connectivity index (χ1v) is 21.2. The molecule has 0 aromatic carbocycles. The summed E-state index contributed by atoms with van der Waals surface area (Å²) in [6.07, 6.45) is 6.13. The molecular formula is C26H48N2O4SSn. The van der Waals surface area contributed by atoms with E-state index in [9.17, 15) is 9.59 Å². The topological polar surface area (TPSA) is 76.7 Å². The Morgan fingerprint density at radius 1 is 0.794 bits per heavy atom. The van der Waals surface area contributed by atoms with Gasteiger partial charge < -0.3 is 0 Å². The van der Waals surface area contributed by atoms with Gasteiger partial charge in [-0.2, -0.15) is 0 Å². The van der Waals surface area contributed by atoms with Crippen LogP contribution in [0.5, 0.6) is 0 Å². The maximum absolute atomic E-state index is 12.9. The fourth-order valence-electron chi connectivity index (χ4n) is 4.04. The molecule has 0 saturated carbocycles. The quantitative estimate of drug-likeness (QED) is 0.235. The van der Waals surface area contributed by atoms with Crippen LogP contribution in [0.15, 0.2) is 5.38 Å². The van der Waals surface area contributed by atoms with Crippen molar-refractivity contribution in [2.45, 2.75) is 125 Å². The van der Waals surface area contributed by atoms with Crippen LogP contribution in [0.1, 0.15) is 101 Å². The van der Waals surface area contributed by atoms with E-state index in [1.54, 1.807) is 11.3 Å². The number of nitrogens with one attached hydrogen (secondary N) is 2. The van der Waals surface area contributed by atoms with Crippen LogP contribution in [0.3, 0.4) is 0 Å². The van der Waals surface area contributed by atoms with Gasteiger partial charge in [-0.25, -0.2) is 0 Å². The molecule has 0 aliphatic carbocycles. The van der Waals surface area contributed by atoms with E-state index in [0.717, 1.165) is 5.69 Å². The molecule has 0 unspecified atom stereocenters. The molecule has 0 bridgehead atoms. The fraction of sp³-hybridized carbons (Fsp3) is 0.769.